The van der Waals surface area contributed by atoms with Crippen LogP contribution < -0.4 is 10.6 Å². The fourth-order valence-electron chi connectivity index (χ4n) is 1.44. The van der Waals surface area contributed by atoms with E-state index in [0.29, 0.717) is 6.04 Å². The van der Waals surface area contributed by atoms with Gasteiger partial charge in [-0.3, -0.25) is 0 Å². The molecule has 0 aliphatic carbocycles. The molecule has 1 aromatic heterocycles. The minimum absolute atomic E-state index is 0.433. The Bertz CT molecular complexity index is 349. The number of rotatable bonds is 5. The van der Waals surface area contributed by atoms with Crippen molar-refractivity contribution in [3.63, 3.8) is 0 Å². The molecule has 2 N–H and O–H groups in total. The lowest BCUT2D eigenvalue weighted by atomic mass is 10.2. The molecular weight excluding hydrogens is 200 g/mol. The summed E-state index contributed by atoms with van der Waals surface area (Å²) in [4.78, 5) is 8.97. The number of nitrogens with zero attached hydrogens (tertiary/aromatic N) is 2. The third-order valence-corrected chi connectivity index (χ3v) is 2.74. The molecule has 4 nitrogen and oxygen atoms in total. The second-order valence-electron chi connectivity index (χ2n) is 4.02. The van der Waals surface area contributed by atoms with Gasteiger partial charge in [0.05, 0.1) is 0 Å². The summed E-state index contributed by atoms with van der Waals surface area (Å²) < 4.78 is 0. The lowest BCUT2D eigenvalue weighted by Crippen LogP contribution is -2.17. The molecule has 90 valence electrons. The van der Waals surface area contributed by atoms with Gasteiger partial charge < -0.3 is 10.6 Å². The molecule has 0 saturated carbocycles. The van der Waals surface area contributed by atoms with Gasteiger partial charge in [-0.1, -0.05) is 13.8 Å². The highest BCUT2D eigenvalue weighted by atomic mass is 15.1. The van der Waals surface area contributed by atoms with E-state index < -0.39 is 0 Å². The molecule has 1 aromatic rings. The molecule has 0 fully saturated rings. The van der Waals surface area contributed by atoms with Crippen LogP contribution in [-0.2, 0) is 6.42 Å². The highest BCUT2D eigenvalue weighted by molar-refractivity contribution is 5.57. The van der Waals surface area contributed by atoms with Crippen LogP contribution in [0.1, 0.15) is 38.6 Å². The Morgan fingerprint density at radius 1 is 1.19 bits per heavy atom. The highest BCUT2D eigenvalue weighted by Gasteiger charge is 2.10. The summed E-state index contributed by atoms with van der Waals surface area (Å²) in [6, 6.07) is 0.433. The van der Waals surface area contributed by atoms with Crippen molar-refractivity contribution in [1.29, 1.82) is 0 Å². The highest BCUT2D eigenvalue weighted by Crippen LogP contribution is 2.20. The van der Waals surface area contributed by atoms with E-state index in [2.05, 4.69) is 41.4 Å². The summed E-state index contributed by atoms with van der Waals surface area (Å²) in [6.07, 6.45) is 1.93. The first-order valence-corrected chi connectivity index (χ1v) is 5.94. The van der Waals surface area contributed by atoms with Crippen LogP contribution in [0.25, 0.3) is 0 Å². The zero-order valence-corrected chi connectivity index (χ0v) is 10.9. The third kappa shape index (κ3) is 2.84. The normalized spacial score (nSPS) is 12.3. The second kappa shape index (κ2) is 5.68. The van der Waals surface area contributed by atoms with E-state index in [0.717, 1.165) is 35.9 Å². The van der Waals surface area contributed by atoms with Crippen molar-refractivity contribution in [1.82, 2.24) is 9.97 Å². The van der Waals surface area contributed by atoms with E-state index in [1.54, 1.807) is 0 Å². The third-order valence-electron chi connectivity index (χ3n) is 2.74. The van der Waals surface area contributed by atoms with Crippen molar-refractivity contribution in [3.8, 4) is 0 Å². The molecule has 0 aromatic carbocycles. The number of hydrogen-bond acceptors (Lipinski definition) is 4. The fraction of sp³-hybridized carbons (Fsp3) is 0.667. The van der Waals surface area contributed by atoms with Crippen LogP contribution in [0.3, 0.4) is 0 Å². The van der Waals surface area contributed by atoms with E-state index in [1.807, 2.05) is 14.0 Å². The van der Waals surface area contributed by atoms with Gasteiger partial charge in [0.25, 0.3) is 0 Å². The largest absolute Gasteiger partial charge is 0.373 e. The maximum absolute atomic E-state index is 4.53. The number of aromatic nitrogens is 2. The molecule has 1 atom stereocenters. The maximum Gasteiger partial charge on any atom is 0.134 e. The Balaban J connectivity index is 3.05. The lowest BCUT2D eigenvalue weighted by molar-refractivity contribution is 0.754. The van der Waals surface area contributed by atoms with Crippen molar-refractivity contribution >= 4 is 11.6 Å². The van der Waals surface area contributed by atoms with E-state index in [1.165, 1.54) is 0 Å². The standard InChI is InChI=1S/C12H22N4/c1-6-8(3)14-12-9(4)11(13-5)15-10(7-2)16-12/h8H,6-7H2,1-5H3,(H2,13,14,15,16). The molecule has 0 radical (unpaired) electrons. The van der Waals surface area contributed by atoms with Gasteiger partial charge in [0.2, 0.25) is 0 Å². The van der Waals surface area contributed by atoms with Crippen LogP contribution in [0.2, 0.25) is 0 Å². The Hall–Kier alpha value is -1.32. The van der Waals surface area contributed by atoms with E-state index in [4.69, 9.17) is 0 Å². The van der Waals surface area contributed by atoms with Crippen molar-refractivity contribution in [2.24, 2.45) is 0 Å². The van der Waals surface area contributed by atoms with E-state index in [-0.39, 0.29) is 0 Å². The maximum atomic E-state index is 4.53. The van der Waals surface area contributed by atoms with Crippen LogP contribution in [0.5, 0.6) is 0 Å². The molecule has 0 spiro atoms. The molecule has 16 heavy (non-hydrogen) atoms. The summed E-state index contributed by atoms with van der Waals surface area (Å²) >= 11 is 0. The Morgan fingerprint density at radius 2 is 1.81 bits per heavy atom. The van der Waals surface area contributed by atoms with Gasteiger partial charge in [0.15, 0.2) is 0 Å². The first kappa shape index (κ1) is 12.7. The number of hydrogen-bond donors (Lipinski definition) is 2. The topological polar surface area (TPSA) is 49.8 Å². The first-order valence-electron chi connectivity index (χ1n) is 5.94. The van der Waals surface area contributed by atoms with Gasteiger partial charge in [-0.25, -0.2) is 9.97 Å². The number of aryl methyl sites for hydroxylation is 1. The number of anilines is 2. The minimum Gasteiger partial charge on any atom is -0.373 e. The first-order chi connectivity index (χ1) is 7.62. The van der Waals surface area contributed by atoms with Crippen LogP contribution in [-0.4, -0.2) is 23.1 Å². The predicted octanol–water partition coefficient (Wildman–Crippen LogP) is 2.60. The molecule has 0 bridgehead atoms. The van der Waals surface area contributed by atoms with E-state index in [9.17, 15) is 0 Å². The molecule has 1 heterocycles. The van der Waals surface area contributed by atoms with E-state index >= 15 is 0 Å². The average molecular weight is 222 g/mol. The van der Waals surface area contributed by atoms with Crippen molar-refractivity contribution < 1.29 is 0 Å². The van der Waals surface area contributed by atoms with Crippen LogP contribution >= 0.6 is 0 Å². The van der Waals surface area contributed by atoms with Crippen molar-refractivity contribution in [3.05, 3.63) is 11.4 Å². The van der Waals surface area contributed by atoms with Crippen LogP contribution in [0, 0.1) is 6.92 Å². The predicted molar refractivity (Wildman–Crippen MR) is 69.1 cm³/mol. The molecule has 0 aliphatic heterocycles. The molecule has 1 unspecified atom stereocenters. The van der Waals surface area contributed by atoms with Gasteiger partial charge in [-0.2, -0.15) is 0 Å². The fourth-order valence-corrected chi connectivity index (χ4v) is 1.44. The smallest absolute Gasteiger partial charge is 0.134 e. The average Bonchev–Trinajstić information content (AvgIpc) is 2.31. The molecule has 4 heteroatoms. The van der Waals surface area contributed by atoms with Gasteiger partial charge in [0, 0.05) is 25.1 Å². The molecule has 0 amide bonds. The zero-order chi connectivity index (χ0) is 12.1. The summed E-state index contributed by atoms with van der Waals surface area (Å²) in [7, 11) is 1.89. The Kier molecular flexibility index (Phi) is 4.52. The van der Waals surface area contributed by atoms with Crippen molar-refractivity contribution in [2.75, 3.05) is 17.7 Å². The van der Waals surface area contributed by atoms with Gasteiger partial charge in [-0.05, 0) is 20.3 Å². The monoisotopic (exact) mass is 222 g/mol. The molecule has 0 aliphatic rings. The Morgan fingerprint density at radius 3 is 2.31 bits per heavy atom. The van der Waals surface area contributed by atoms with Gasteiger partial charge in [0.1, 0.15) is 17.5 Å². The van der Waals surface area contributed by atoms with Crippen LogP contribution in [0.4, 0.5) is 11.6 Å². The summed E-state index contributed by atoms with van der Waals surface area (Å²) in [5, 5.41) is 6.53. The molecule has 1 rings (SSSR count). The van der Waals surface area contributed by atoms with Gasteiger partial charge >= 0.3 is 0 Å². The lowest BCUT2D eigenvalue weighted by Gasteiger charge is -2.16. The minimum atomic E-state index is 0.433. The second-order valence-corrected chi connectivity index (χ2v) is 4.02. The number of nitrogens with one attached hydrogen (secondary N) is 2. The molecule has 0 saturated heterocycles. The quantitative estimate of drug-likeness (QED) is 0.804. The Labute approximate surface area is 97.9 Å². The summed E-state index contributed by atoms with van der Waals surface area (Å²) in [6.45, 7) is 8.42. The molecular formula is C12H22N4. The van der Waals surface area contributed by atoms with Crippen LogP contribution in [0.15, 0.2) is 0 Å². The van der Waals surface area contributed by atoms with Crippen molar-refractivity contribution in [2.45, 2.75) is 46.6 Å². The summed E-state index contributed by atoms with van der Waals surface area (Å²) in [5.74, 6) is 2.74. The zero-order valence-electron chi connectivity index (χ0n) is 10.9. The summed E-state index contributed by atoms with van der Waals surface area (Å²) in [5.41, 5.74) is 1.08. The SMILES string of the molecule is CCc1nc(NC)c(C)c(NC(C)CC)n1. The van der Waals surface area contributed by atoms with Gasteiger partial charge in [-0.15, -0.1) is 0 Å².